The maximum Gasteiger partial charge on any atom is 0.407 e. The molecular formula is C23H25N7O3. The summed E-state index contributed by atoms with van der Waals surface area (Å²) >= 11 is 0. The van der Waals surface area contributed by atoms with Crippen LogP contribution in [0.2, 0.25) is 0 Å². The lowest BCUT2D eigenvalue weighted by atomic mass is 10.1. The van der Waals surface area contributed by atoms with E-state index in [9.17, 15) is 9.59 Å². The van der Waals surface area contributed by atoms with Gasteiger partial charge in [-0.05, 0) is 25.0 Å². The van der Waals surface area contributed by atoms with E-state index in [0.29, 0.717) is 30.3 Å². The van der Waals surface area contributed by atoms with Crippen LogP contribution in [0.25, 0.3) is 0 Å². The molecule has 0 bridgehead atoms. The maximum absolute atomic E-state index is 12.9. The van der Waals surface area contributed by atoms with Crippen molar-refractivity contribution in [2.45, 2.75) is 18.9 Å². The fraction of sp³-hybridized carbons (Fsp3) is 0.304. The number of para-hydroxylation sites is 1. The molecule has 5 rings (SSSR count). The highest BCUT2D eigenvalue weighted by Crippen LogP contribution is 2.40. The van der Waals surface area contributed by atoms with Crippen LogP contribution in [0.15, 0.2) is 48.8 Å². The zero-order valence-electron chi connectivity index (χ0n) is 18.5. The summed E-state index contributed by atoms with van der Waals surface area (Å²) < 4.78 is 1.89. The molecule has 2 aliphatic heterocycles. The normalized spacial score (nSPS) is 16.3. The first kappa shape index (κ1) is 20.8. The highest BCUT2D eigenvalue weighted by atomic mass is 16.4. The summed E-state index contributed by atoms with van der Waals surface area (Å²) in [6.07, 6.45) is 4.19. The van der Waals surface area contributed by atoms with E-state index >= 15 is 0 Å². The molecule has 0 spiro atoms. The van der Waals surface area contributed by atoms with Gasteiger partial charge < -0.3 is 25.1 Å². The predicted octanol–water partition coefficient (Wildman–Crippen LogP) is 3.69. The molecule has 4 heterocycles. The molecular weight excluding hydrogens is 422 g/mol. The van der Waals surface area contributed by atoms with Gasteiger partial charge >= 0.3 is 6.09 Å². The predicted molar refractivity (Wildman–Crippen MR) is 125 cm³/mol. The van der Waals surface area contributed by atoms with Crippen molar-refractivity contribution in [3.63, 3.8) is 0 Å². The van der Waals surface area contributed by atoms with Crippen LogP contribution >= 0.6 is 0 Å². The molecule has 33 heavy (non-hydrogen) atoms. The number of hydrogen-bond donors (Lipinski definition) is 2. The molecule has 3 aromatic rings. The lowest BCUT2D eigenvalue weighted by Gasteiger charge is -2.30. The minimum absolute atomic E-state index is 0.0774. The Kier molecular flexibility index (Phi) is 5.12. The lowest BCUT2D eigenvalue weighted by Crippen LogP contribution is -2.38. The number of hydrogen-bond acceptors (Lipinski definition) is 6. The summed E-state index contributed by atoms with van der Waals surface area (Å²) in [4.78, 5) is 33.6. The number of likely N-dealkylation sites (tertiary alicyclic amines) is 1. The van der Waals surface area contributed by atoms with E-state index in [4.69, 9.17) is 5.11 Å². The number of nitrogens with zero attached hydrogens (tertiary/aromatic N) is 6. The fourth-order valence-corrected chi connectivity index (χ4v) is 4.46. The number of rotatable bonds is 3. The number of carbonyl (C=O) groups is 2. The number of carbonyl (C=O) groups excluding carboxylic acids is 1. The minimum Gasteiger partial charge on any atom is -0.465 e. The Morgan fingerprint density at radius 3 is 2.55 bits per heavy atom. The second-order valence-corrected chi connectivity index (χ2v) is 8.31. The number of benzene rings is 1. The van der Waals surface area contributed by atoms with Crippen molar-refractivity contribution in [2.75, 3.05) is 42.3 Å². The number of amides is 2. The zero-order valence-corrected chi connectivity index (χ0v) is 18.5. The SMILES string of the molecule is CN1C(=O)c2ccccc2N(C)c2cc(Nc3ccn(C4CCN(C(=O)O)CC4)n3)ncc21. The number of aromatic nitrogens is 3. The maximum atomic E-state index is 12.9. The molecule has 10 heteroatoms. The third kappa shape index (κ3) is 3.73. The van der Waals surface area contributed by atoms with E-state index in [0.717, 1.165) is 29.9 Å². The summed E-state index contributed by atoms with van der Waals surface area (Å²) in [5.41, 5.74) is 3.05. The monoisotopic (exact) mass is 447 g/mol. The van der Waals surface area contributed by atoms with Crippen molar-refractivity contribution in [1.82, 2.24) is 19.7 Å². The average molecular weight is 447 g/mol. The van der Waals surface area contributed by atoms with Gasteiger partial charge in [-0.25, -0.2) is 9.78 Å². The Balaban J connectivity index is 1.37. The molecule has 1 aromatic carbocycles. The van der Waals surface area contributed by atoms with E-state index in [2.05, 4.69) is 15.4 Å². The van der Waals surface area contributed by atoms with Gasteiger partial charge in [0.15, 0.2) is 5.82 Å². The molecule has 1 fully saturated rings. The second kappa shape index (κ2) is 8.12. The highest BCUT2D eigenvalue weighted by Gasteiger charge is 2.28. The summed E-state index contributed by atoms with van der Waals surface area (Å²) in [7, 11) is 3.69. The van der Waals surface area contributed by atoms with Crippen LogP contribution in [0.5, 0.6) is 0 Å². The molecule has 0 saturated carbocycles. The Morgan fingerprint density at radius 2 is 1.79 bits per heavy atom. The van der Waals surface area contributed by atoms with Crippen LogP contribution in [-0.4, -0.2) is 64.0 Å². The van der Waals surface area contributed by atoms with Gasteiger partial charge in [-0.3, -0.25) is 9.48 Å². The van der Waals surface area contributed by atoms with Crippen molar-refractivity contribution in [3.05, 3.63) is 54.4 Å². The quantitative estimate of drug-likeness (QED) is 0.630. The molecule has 0 aliphatic carbocycles. The summed E-state index contributed by atoms with van der Waals surface area (Å²) in [5.74, 6) is 1.20. The number of piperidine rings is 1. The van der Waals surface area contributed by atoms with Crippen LogP contribution in [0.1, 0.15) is 29.2 Å². The average Bonchev–Trinajstić information content (AvgIpc) is 3.28. The van der Waals surface area contributed by atoms with Crippen molar-refractivity contribution in [1.29, 1.82) is 0 Å². The molecule has 0 radical (unpaired) electrons. The van der Waals surface area contributed by atoms with Crippen molar-refractivity contribution in [2.24, 2.45) is 0 Å². The van der Waals surface area contributed by atoms with Gasteiger partial charge in [0.25, 0.3) is 5.91 Å². The summed E-state index contributed by atoms with van der Waals surface area (Å²) in [6, 6.07) is 11.5. The number of anilines is 5. The summed E-state index contributed by atoms with van der Waals surface area (Å²) in [5, 5.41) is 17.0. The number of fused-ring (bicyclic) bond motifs is 2. The first-order valence-electron chi connectivity index (χ1n) is 10.8. The molecule has 2 aromatic heterocycles. The van der Waals surface area contributed by atoms with Gasteiger partial charge in [-0.2, -0.15) is 5.10 Å². The second-order valence-electron chi connectivity index (χ2n) is 8.31. The van der Waals surface area contributed by atoms with Gasteiger partial charge in [-0.15, -0.1) is 0 Å². The lowest BCUT2D eigenvalue weighted by molar-refractivity contribution is 0.0994. The van der Waals surface area contributed by atoms with E-state index < -0.39 is 6.09 Å². The molecule has 2 aliphatic rings. The van der Waals surface area contributed by atoms with Crippen LogP contribution in [0, 0.1) is 0 Å². The third-order valence-corrected chi connectivity index (χ3v) is 6.36. The van der Waals surface area contributed by atoms with Crippen molar-refractivity contribution < 1.29 is 14.7 Å². The van der Waals surface area contributed by atoms with Gasteiger partial charge in [0.1, 0.15) is 5.82 Å². The first-order chi connectivity index (χ1) is 15.9. The summed E-state index contributed by atoms with van der Waals surface area (Å²) in [6.45, 7) is 1.02. The Morgan fingerprint density at radius 1 is 1.03 bits per heavy atom. The van der Waals surface area contributed by atoms with E-state index in [1.807, 2.05) is 59.2 Å². The fourth-order valence-electron chi connectivity index (χ4n) is 4.46. The largest absolute Gasteiger partial charge is 0.465 e. The molecule has 2 N–H and O–H groups in total. The standard InChI is InChI=1S/C23H25N7O3/c1-27-17-6-4-3-5-16(17)22(31)28(2)19-14-24-21(13-18(19)27)25-20-9-12-30(26-20)15-7-10-29(11-8-15)23(32)33/h3-6,9,12-15H,7-8,10-11H2,1-2H3,(H,32,33)(H,24,25,26). The third-order valence-electron chi connectivity index (χ3n) is 6.36. The van der Waals surface area contributed by atoms with Crippen LogP contribution in [-0.2, 0) is 0 Å². The van der Waals surface area contributed by atoms with Gasteiger partial charge in [0, 0.05) is 45.5 Å². The van der Waals surface area contributed by atoms with Gasteiger partial charge in [-0.1, -0.05) is 12.1 Å². The van der Waals surface area contributed by atoms with Crippen molar-refractivity contribution >= 4 is 40.7 Å². The van der Waals surface area contributed by atoms with E-state index in [1.165, 1.54) is 4.90 Å². The number of pyridine rings is 1. The van der Waals surface area contributed by atoms with E-state index in [-0.39, 0.29) is 11.9 Å². The zero-order chi connectivity index (χ0) is 23.1. The Hall–Kier alpha value is -4.08. The molecule has 0 atom stereocenters. The molecule has 170 valence electrons. The topological polar surface area (TPSA) is 107 Å². The minimum atomic E-state index is -0.870. The van der Waals surface area contributed by atoms with Crippen LogP contribution < -0.4 is 15.1 Å². The first-order valence-corrected chi connectivity index (χ1v) is 10.8. The van der Waals surface area contributed by atoms with Gasteiger partial charge in [0.05, 0.1) is 34.9 Å². The van der Waals surface area contributed by atoms with Crippen molar-refractivity contribution in [3.8, 4) is 0 Å². The molecule has 10 nitrogen and oxygen atoms in total. The van der Waals surface area contributed by atoms with Gasteiger partial charge in [0.2, 0.25) is 0 Å². The molecule has 1 saturated heterocycles. The van der Waals surface area contributed by atoms with Crippen LogP contribution in [0.3, 0.4) is 0 Å². The Labute approximate surface area is 191 Å². The number of carboxylic acid groups (broad SMARTS) is 1. The van der Waals surface area contributed by atoms with E-state index in [1.54, 1.807) is 18.1 Å². The molecule has 0 unspecified atom stereocenters. The highest BCUT2D eigenvalue weighted by molar-refractivity contribution is 6.13. The Bertz CT molecular complexity index is 1220. The molecule has 2 amide bonds. The smallest absolute Gasteiger partial charge is 0.407 e. The number of nitrogens with one attached hydrogen (secondary N) is 1. The van der Waals surface area contributed by atoms with Crippen LogP contribution in [0.4, 0.5) is 33.5 Å².